The van der Waals surface area contributed by atoms with E-state index in [1.165, 1.54) is 0 Å². The van der Waals surface area contributed by atoms with Gasteiger partial charge in [-0.3, -0.25) is 0 Å². The van der Waals surface area contributed by atoms with Gasteiger partial charge in [-0.05, 0) is 24.5 Å². The average Bonchev–Trinajstić information content (AvgIpc) is 2.71. The molecule has 0 amide bonds. The Hall–Kier alpha value is -1.35. The molecule has 1 N–H and O–H groups in total. The molecule has 17 heavy (non-hydrogen) atoms. The first-order valence-corrected chi connectivity index (χ1v) is 6.28. The van der Waals surface area contributed by atoms with Crippen molar-refractivity contribution < 1.29 is 5.11 Å². The van der Waals surface area contributed by atoms with Gasteiger partial charge in [0.15, 0.2) is 0 Å². The summed E-state index contributed by atoms with van der Waals surface area (Å²) in [5.41, 5.74) is 1.67. The van der Waals surface area contributed by atoms with Gasteiger partial charge in [-0.15, -0.1) is 0 Å². The van der Waals surface area contributed by atoms with Crippen LogP contribution in [0.1, 0.15) is 44.9 Å². The second-order valence-electron chi connectivity index (χ2n) is 4.97. The highest BCUT2D eigenvalue weighted by Crippen LogP contribution is 2.20. The summed E-state index contributed by atoms with van der Waals surface area (Å²) < 4.78 is 1.95. The normalized spacial score (nSPS) is 13.4. The zero-order chi connectivity index (χ0) is 12.3. The lowest BCUT2D eigenvalue weighted by molar-refractivity contribution is 0.158. The Balaban J connectivity index is 2.01. The lowest BCUT2D eigenvalue weighted by Crippen LogP contribution is -1.99. The van der Waals surface area contributed by atoms with E-state index in [2.05, 4.69) is 18.8 Å². The highest BCUT2D eigenvalue weighted by Gasteiger charge is 2.11. The van der Waals surface area contributed by atoms with Crippen LogP contribution in [-0.2, 0) is 0 Å². The quantitative estimate of drug-likeness (QED) is 0.859. The Labute approximate surface area is 102 Å². The molecule has 3 heteroatoms. The van der Waals surface area contributed by atoms with Crippen molar-refractivity contribution in [1.29, 1.82) is 0 Å². The van der Waals surface area contributed by atoms with Gasteiger partial charge in [-0.2, -0.15) is 0 Å². The standard InChI is InChI=1S/C14H20N2O/c1-11(2)6-5-7-13(17)12-10-16-9-4-3-8-14(16)15-12/h3-4,8-11,13,17H,5-7H2,1-2H3. The molecule has 2 aromatic rings. The third-order valence-corrected chi connectivity index (χ3v) is 2.98. The molecule has 0 aromatic carbocycles. The number of imidazole rings is 1. The number of aliphatic hydroxyl groups is 1. The molecule has 0 aliphatic rings. The van der Waals surface area contributed by atoms with E-state index in [9.17, 15) is 5.11 Å². The lowest BCUT2D eigenvalue weighted by atomic mass is 10.0. The van der Waals surface area contributed by atoms with E-state index in [0.717, 1.165) is 30.6 Å². The van der Waals surface area contributed by atoms with Gasteiger partial charge >= 0.3 is 0 Å². The van der Waals surface area contributed by atoms with Crippen LogP contribution in [0.15, 0.2) is 30.6 Å². The molecule has 0 fully saturated rings. The molecule has 92 valence electrons. The van der Waals surface area contributed by atoms with Gasteiger partial charge in [0, 0.05) is 12.4 Å². The van der Waals surface area contributed by atoms with Crippen molar-refractivity contribution >= 4 is 5.65 Å². The van der Waals surface area contributed by atoms with Gasteiger partial charge in [0.05, 0.1) is 11.8 Å². The summed E-state index contributed by atoms with van der Waals surface area (Å²) in [5, 5.41) is 10.1. The topological polar surface area (TPSA) is 37.5 Å². The zero-order valence-corrected chi connectivity index (χ0v) is 10.5. The van der Waals surface area contributed by atoms with Crippen molar-refractivity contribution in [1.82, 2.24) is 9.38 Å². The molecule has 0 spiro atoms. The molecule has 0 bridgehead atoms. The van der Waals surface area contributed by atoms with E-state index in [4.69, 9.17) is 0 Å². The van der Waals surface area contributed by atoms with E-state index in [-0.39, 0.29) is 0 Å². The van der Waals surface area contributed by atoms with Crippen LogP contribution in [0.5, 0.6) is 0 Å². The maximum absolute atomic E-state index is 10.1. The van der Waals surface area contributed by atoms with Crippen LogP contribution in [0.3, 0.4) is 0 Å². The Bertz CT molecular complexity index is 443. The molecule has 2 rings (SSSR count). The summed E-state index contributed by atoms with van der Waals surface area (Å²) in [6.07, 6.45) is 6.43. The molecule has 0 radical (unpaired) electrons. The molecule has 0 saturated carbocycles. The minimum absolute atomic E-state index is 0.436. The second-order valence-corrected chi connectivity index (χ2v) is 4.97. The molecule has 0 aliphatic carbocycles. The molecule has 1 unspecified atom stereocenters. The highest BCUT2D eigenvalue weighted by atomic mass is 16.3. The van der Waals surface area contributed by atoms with Gasteiger partial charge in [0.25, 0.3) is 0 Å². The van der Waals surface area contributed by atoms with E-state index < -0.39 is 6.10 Å². The van der Waals surface area contributed by atoms with Crippen molar-refractivity contribution in [2.45, 2.75) is 39.2 Å². The number of hydrogen-bond donors (Lipinski definition) is 1. The Kier molecular flexibility index (Phi) is 3.79. The monoisotopic (exact) mass is 232 g/mol. The van der Waals surface area contributed by atoms with Gasteiger partial charge < -0.3 is 9.51 Å². The SMILES string of the molecule is CC(C)CCCC(O)c1cn2ccccc2n1. The molecule has 3 nitrogen and oxygen atoms in total. The minimum Gasteiger partial charge on any atom is -0.387 e. The maximum atomic E-state index is 10.1. The molecule has 1 atom stereocenters. The highest BCUT2D eigenvalue weighted by molar-refractivity contribution is 5.39. The summed E-state index contributed by atoms with van der Waals surface area (Å²) in [4.78, 5) is 4.42. The molecular formula is C14H20N2O. The van der Waals surface area contributed by atoms with Crippen molar-refractivity contribution in [3.05, 3.63) is 36.3 Å². The van der Waals surface area contributed by atoms with Crippen LogP contribution in [0.4, 0.5) is 0 Å². The van der Waals surface area contributed by atoms with Gasteiger partial charge in [0.2, 0.25) is 0 Å². The average molecular weight is 232 g/mol. The third-order valence-electron chi connectivity index (χ3n) is 2.98. The van der Waals surface area contributed by atoms with Crippen molar-refractivity contribution in [2.75, 3.05) is 0 Å². The van der Waals surface area contributed by atoms with E-state index in [1.807, 2.05) is 35.0 Å². The van der Waals surface area contributed by atoms with Crippen LogP contribution in [0.2, 0.25) is 0 Å². The number of aliphatic hydroxyl groups excluding tert-OH is 1. The number of rotatable bonds is 5. The summed E-state index contributed by atoms with van der Waals surface area (Å²) >= 11 is 0. The van der Waals surface area contributed by atoms with Crippen LogP contribution in [0, 0.1) is 5.92 Å². The predicted molar refractivity (Wildman–Crippen MR) is 68.8 cm³/mol. The Morgan fingerprint density at radius 3 is 2.82 bits per heavy atom. The predicted octanol–water partition coefficient (Wildman–Crippen LogP) is 3.19. The molecule has 0 aliphatic heterocycles. The number of fused-ring (bicyclic) bond motifs is 1. The van der Waals surface area contributed by atoms with Gasteiger partial charge in [-0.1, -0.05) is 32.8 Å². The molecule has 2 aromatic heterocycles. The summed E-state index contributed by atoms with van der Waals surface area (Å²) in [6.45, 7) is 4.41. The largest absolute Gasteiger partial charge is 0.387 e. The fourth-order valence-corrected chi connectivity index (χ4v) is 1.98. The van der Waals surface area contributed by atoms with Crippen molar-refractivity contribution in [2.24, 2.45) is 5.92 Å². The van der Waals surface area contributed by atoms with Gasteiger partial charge in [0.1, 0.15) is 5.65 Å². The van der Waals surface area contributed by atoms with Crippen molar-refractivity contribution in [3.8, 4) is 0 Å². The van der Waals surface area contributed by atoms with Gasteiger partial charge in [-0.25, -0.2) is 4.98 Å². The number of hydrogen-bond acceptors (Lipinski definition) is 2. The summed E-state index contributed by atoms with van der Waals surface area (Å²) in [5.74, 6) is 0.697. The van der Waals surface area contributed by atoms with E-state index in [1.54, 1.807) is 0 Å². The summed E-state index contributed by atoms with van der Waals surface area (Å²) in [7, 11) is 0. The zero-order valence-electron chi connectivity index (χ0n) is 10.5. The Morgan fingerprint density at radius 2 is 2.12 bits per heavy atom. The van der Waals surface area contributed by atoms with Crippen molar-refractivity contribution in [3.63, 3.8) is 0 Å². The lowest BCUT2D eigenvalue weighted by Gasteiger charge is -2.08. The Morgan fingerprint density at radius 1 is 1.29 bits per heavy atom. The number of nitrogens with zero attached hydrogens (tertiary/aromatic N) is 2. The number of pyridine rings is 1. The van der Waals surface area contributed by atoms with E-state index in [0.29, 0.717) is 5.92 Å². The maximum Gasteiger partial charge on any atom is 0.137 e. The fraction of sp³-hybridized carbons (Fsp3) is 0.500. The molecule has 0 saturated heterocycles. The number of aromatic nitrogens is 2. The third kappa shape index (κ3) is 3.07. The first-order chi connectivity index (χ1) is 8.16. The first kappa shape index (κ1) is 12.1. The van der Waals surface area contributed by atoms with Crippen LogP contribution >= 0.6 is 0 Å². The van der Waals surface area contributed by atoms with Crippen LogP contribution < -0.4 is 0 Å². The molecular weight excluding hydrogens is 212 g/mol. The minimum atomic E-state index is -0.436. The van der Waals surface area contributed by atoms with Crippen LogP contribution in [-0.4, -0.2) is 14.5 Å². The molecule has 2 heterocycles. The smallest absolute Gasteiger partial charge is 0.137 e. The van der Waals surface area contributed by atoms with Crippen LogP contribution in [0.25, 0.3) is 5.65 Å². The second kappa shape index (κ2) is 5.32. The van der Waals surface area contributed by atoms with E-state index >= 15 is 0 Å². The first-order valence-electron chi connectivity index (χ1n) is 6.28. The summed E-state index contributed by atoms with van der Waals surface area (Å²) in [6, 6.07) is 5.87. The fourth-order valence-electron chi connectivity index (χ4n) is 1.98.